The Labute approximate surface area is 104 Å². The first-order valence-corrected chi connectivity index (χ1v) is 7.25. The third-order valence-corrected chi connectivity index (χ3v) is 5.65. The lowest BCUT2D eigenvalue weighted by atomic mass is 9.44. The zero-order valence-corrected chi connectivity index (χ0v) is 11.1. The van der Waals surface area contributed by atoms with Gasteiger partial charge in [0.1, 0.15) is 5.60 Å². The van der Waals surface area contributed by atoms with Crippen LogP contribution in [0.1, 0.15) is 65.2 Å². The molecule has 0 aromatic heterocycles. The first-order chi connectivity index (χ1) is 8.03. The summed E-state index contributed by atoms with van der Waals surface area (Å²) < 4.78 is 5.84. The van der Waals surface area contributed by atoms with Gasteiger partial charge < -0.3 is 4.74 Å². The van der Waals surface area contributed by atoms with Crippen LogP contribution in [0.5, 0.6) is 0 Å². The molecule has 0 heterocycles. The summed E-state index contributed by atoms with van der Waals surface area (Å²) in [6, 6.07) is 0. The summed E-state index contributed by atoms with van der Waals surface area (Å²) in [5.41, 5.74) is 0.349. The molecule has 0 radical (unpaired) electrons. The minimum atomic E-state index is -0.148. The second-order valence-electron chi connectivity index (χ2n) is 7.04. The van der Waals surface area contributed by atoms with Gasteiger partial charge in [0.2, 0.25) is 0 Å². The molecule has 0 amide bonds. The minimum absolute atomic E-state index is 0.108. The predicted molar refractivity (Wildman–Crippen MR) is 66.5 cm³/mol. The van der Waals surface area contributed by atoms with Gasteiger partial charge in [-0.3, -0.25) is 4.79 Å². The fourth-order valence-corrected chi connectivity index (χ4v) is 4.20. The highest BCUT2D eigenvalue weighted by Gasteiger charge is 2.60. The Bertz CT molecular complexity index is 330. The summed E-state index contributed by atoms with van der Waals surface area (Å²) >= 11 is 0. The number of esters is 1. The largest absolute Gasteiger partial charge is 0.459 e. The highest BCUT2D eigenvalue weighted by atomic mass is 16.6. The monoisotopic (exact) mass is 236 g/mol. The fourth-order valence-electron chi connectivity index (χ4n) is 4.20. The number of fused-ring (bicyclic) bond motifs is 1. The maximum Gasteiger partial charge on any atom is 0.309 e. The van der Waals surface area contributed by atoms with Crippen molar-refractivity contribution < 1.29 is 9.53 Å². The summed E-state index contributed by atoms with van der Waals surface area (Å²) in [4.78, 5) is 12.2. The third kappa shape index (κ3) is 1.80. The Hall–Kier alpha value is -0.530. The number of hydrogen-bond donors (Lipinski definition) is 0. The molecule has 3 aliphatic carbocycles. The lowest BCUT2D eigenvalue weighted by molar-refractivity contribution is -0.195. The first kappa shape index (κ1) is 11.6. The van der Waals surface area contributed by atoms with Crippen LogP contribution in [0.15, 0.2) is 0 Å². The minimum Gasteiger partial charge on any atom is -0.459 e. The Morgan fingerprint density at radius 1 is 1.12 bits per heavy atom. The highest BCUT2D eigenvalue weighted by Crippen LogP contribution is 2.64. The number of carbonyl (C=O) groups excluding carboxylic acids is 1. The molecule has 3 saturated carbocycles. The van der Waals surface area contributed by atoms with Gasteiger partial charge in [-0.1, -0.05) is 13.3 Å². The highest BCUT2D eigenvalue weighted by molar-refractivity contribution is 5.75. The Balaban J connectivity index is 1.57. The lowest BCUT2D eigenvalue weighted by Crippen LogP contribution is -2.57. The van der Waals surface area contributed by atoms with Crippen molar-refractivity contribution in [1.82, 2.24) is 0 Å². The molecule has 0 aromatic rings. The zero-order chi connectivity index (χ0) is 12.1. The van der Waals surface area contributed by atoms with Crippen molar-refractivity contribution in [2.45, 2.75) is 70.8 Å². The number of hydrogen-bond acceptors (Lipinski definition) is 2. The molecule has 17 heavy (non-hydrogen) atoms. The van der Waals surface area contributed by atoms with Crippen LogP contribution in [0.2, 0.25) is 0 Å². The van der Waals surface area contributed by atoms with E-state index in [0.29, 0.717) is 11.3 Å². The zero-order valence-electron chi connectivity index (χ0n) is 11.1. The molecular weight excluding hydrogens is 212 g/mol. The van der Waals surface area contributed by atoms with E-state index in [9.17, 15) is 4.79 Å². The summed E-state index contributed by atoms with van der Waals surface area (Å²) in [6.07, 6.45) is 9.50. The first-order valence-electron chi connectivity index (χ1n) is 7.25. The maximum atomic E-state index is 12.2. The molecule has 3 aliphatic rings. The topological polar surface area (TPSA) is 26.3 Å². The van der Waals surface area contributed by atoms with Crippen molar-refractivity contribution in [2.75, 3.05) is 0 Å². The van der Waals surface area contributed by atoms with E-state index in [4.69, 9.17) is 4.74 Å². The molecule has 96 valence electrons. The van der Waals surface area contributed by atoms with Gasteiger partial charge in [0, 0.05) is 0 Å². The van der Waals surface area contributed by atoms with Gasteiger partial charge in [0.05, 0.1) is 5.92 Å². The van der Waals surface area contributed by atoms with Crippen molar-refractivity contribution in [2.24, 2.45) is 17.3 Å². The van der Waals surface area contributed by atoms with Gasteiger partial charge >= 0.3 is 5.97 Å². The van der Waals surface area contributed by atoms with Gasteiger partial charge in [-0.05, 0) is 63.2 Å². The molecule has 0 aliphatic heterocycles. The van der Waals surface area contributed by atoms with E-state index in [-0.39, 0.29) is 17.5 Å². The van der Waals surface area contributed by atoms with Crippen molar-refractivity contribution in [3.05, 3.63) is 0 Å². The average molecular weight is 236 g/mol. The summed E-state index contributed by atoms with van der Waals surface area (Å²) in [5, 5.41) is 0. The van der Waals surface area contributed by atoms with Crippen LogP contribution < -0.4 is 0 Å². The van der Waals surface area contributed by atoms with Crippen molar-refractivity contribution in [3.8, 4) is 0 Å². The summed E-state index contributed by atoms with van der Waals surface area (Å²) in [6.45, 7) is 4.45. The van der Waals surface area contributed by atoms with Gasteiger partial charge in [-0.2, -0.15) is 0 Å². The van der Waals surface area contributed by atoms with E-state index in [1.54, 1.807) is 0 Å². The maximum absolute atomic E-state index is 12.2. The fraction of sp³-hybridized carbons (Fsp3) is 0.933. The molecule has 0 N–H and O–H groups in total. The molecule has 0 saturated heterocycles. The molecule has 3 fully saturated rings. The quantitative estimate of drug-likeness (QED) is 0.683. The molecule has 0 spiro atoms. The molecule has 0 bridgehead atoms. The smallest absolute Gasteiger partial charge is 0.309 e. The van der Waals surface area contributed by atoms with Gasteiger partial charge in [0.15, 0.2) is 0 Å². The van der Waals surface area contributed by atoms with Crippen LogP contribution >= 0.6 is 0 Å². The van der Waals surface area contributed by atoms with Gasteiger partial charge in [-0.15, -0.1) is 0 Å². The third-order valence-electron chi connectivity index (χ3n) is 5.65. The Morgan fingerprint density at radius 3 is 2.29 bits per heavy atom. The van der Waals surface area contributed by atoms with Crippen molar-refractivity contribution in [1.29, 1.82) is 0 Å². The van der Waals surface area contributed by atoms with E-state index in [1.165, 1.54) is 32.1 Å². The number of rotatable bonds is 2. The van der Waals surface area contributed by atoms with E-state index < -0.39 is 0 Å². The SMILES string of the molecule is CC1(OC(=O)C2C[C@@]3(C)CCC23)CCCCC1. The summed E-state index contributed by atoms with van der Waals surface area (Å²) in [7, 11) is 0. The van der Waals surface area contributed by atoms with E-state index in [2.05, 4.69) is 13.8 Å². The molecule has 2 heteroatoms. The van der Waals surface area contributed by atoms with E-state index in [1.807, 2.05) is 0 Å². The predicted octanol–water partition coefficient (Wildman–Crippen LogP) is 3.69. The molecule has 3 atom stereocenters. The van der Waals surface area contributed by atoms with Crippen LogP contribution in [0, 0.1) is 17.3 Å². The summed E-state index contributed by atoms with van der Waals surface area (Å²) in [5.74, 6) is 0.978. The Kier molecular flexibility index (Phi) is 2.53. The van der Waals surface area contributed by atoms with Gasteiger partial charge in [-0.25, -0.2) is 0 Å². The molecule has 2 unspecified atom stereocenters. The standard InChI is InChI=1S/C15H24O2/c1-14-9-6-12(14)11(10-14)13(16)17-15(2)7-4-3-5-8-15/h11-12H,3-10H2,1-2H3/t11?,12?,14-/m1/s1. The number of carbonyl (C=O) groups is 1. The van der Waals surface area contributed by atoms with Crippen LogP contribution in [-0.4, -0.2) is 11.6 Å². The molecule has 0 aromatic carbocycles. The normalized spacial score (nSPS) is 42.9. The van der Waals surface area contributed by atoms with Crippen molar-refractivity contribution in [3.63, 3.8) is 0 Å². The van der Waals surface area contributed by atoms with Crippen LogP contribution in [0.25, 0.3) is 0 Å². The molecular formula is C15H24O2. The van der Waals surface area contributed by atoms with Crippen molar-refractivity contribution >= 4 is 5.97 Å². The van der Waals surface area contributed by atoms with Crippen LogP contribution in [0.3, 0.4) is 0 Å². The second-order valence-corrected chi connectivity index (χ2v) is 7.04. The van der Waals surface area contributed by atoms with Crippen LogP contribution in [0.4, 0.5) is 0 Å². The van der Waals surface area contributed by atoms with Gasteiger partial charge in [0.25, 0.3) is 0 Å². The number of ether oxygens (including phenoxy) is 1. The molecule has 2 nitrogen and oxygen atoms in total. The average Bonchev–Trinajstić information content (AvgIpc) is 2.27. The lowest BCUT2D eigenvalue weighted by Gasteiger charge is -2.61. The molecule has 3 rings (SSSR count). The Morgan fingerprint density at radius 2 is 1.82 bits per heavy atom. The van der Waals surface area contributed by atoms with Crippen LogP contribution in [-0.2, 0) is 9.53 Å². The second kappa shape index (κ2) is 3.73. The van der Waals surface area contributed by atoms with E-state index in [0.717, 1.165) is 19.3 Å². The van der Waals surface area contributed by atoms with E-state index >= 15 is 0 Å².